The highest BCUT2D eigenvalue weighted by molar-refractivity contribution is 6.02. The Morgan fingerprint density at radius 1 is 1.00 bits per heavy atom. The van der Waals surface area contributed by atoms with Gasteiger partial charge in [-0.15, -0.1) is 0 Å². The number of nitrogens with one attached hydrogen (secondary N) is 2. The number of aliphatic carboxylic acids is 1. The molecule has 0 aliphatic heterocycles. The van der Waals surface area contributed by atoms with E-state index in [0.29, 0.717) is 36.5 Å². The Hall–Kier alpha value is -2.74. The minimum absolute atomic E-state index is 0.306. The lowest BCUT2D eigenvalue weighted by Gasteiger charge is -2.38. The molecule has 0 heterocycles. The number of benzene rings is 2. The Morgan fingerprint density at radius 3 is 2.36 bits per heavy atom. The molecule has 0 bridgehead atoms. The fourth-order valence-electron chi connectivity index (χ4n) is 6.36. The Balaban J connectivity index is 1.93. The summed E-state index contributed by atoms with van der Waals surface area (Å²) in [4.78, 5) is 28.1. The first-order valence-electron chi connectivity index (χ1n) is 16.8. The van der Waals surface area contributed by atoms with Gasteiger partial charge >= 0.3 is 5.97 Å². The molecule has 2 aromatic rings. The van der Waals surface area contributed by atoms with Crippen LogP contribution in [0.4, 0.5) is 0 Å². The quantitative estimate of drug-likeness (QED) is 0.157. The van der Waals surface area contributed by atoms with Gasteiger partial charge in [-0.3, -0.25) is 9.69 Å². The molecule has 1 aliphatic rings. The van der Waals surface area contributed by atoms with Crippen molar-refractivity contribution in [2.24, 2.45) is 11.8 Å². The SMILES string of the molecule is CNCCC(NC(=O)c1ccc(CN(C(C)C)C(COCCC(C)C)CC2CCCCC2)cc1-c1ccccc1C)C(=O)O. The molecule has 7 heteroatoms. The number of nitrogens with zero attached hydrogens (tertiary/aromatic N) is 1. The van der Waals surface area contributed by atoms with Crippen molar-refractivity contribution in [1.82, 2.24) is 15.5 Å². The second-order valence-corrected chi connectivity index (χ2v) is 13.4. The van der Waals surface area contributed by atoms with Crippen molar-refractivity contribution in [2.75, 3.05) is 26.8 Å². The average molecular weight is 608 g/mol. The molecular weight excluding hydrogens is 550 g/mol. The van der Waals surface area contributed by atoms with Gasteiger partial charge in [0.2, 0.25) is 0 Å². The standard InChI is InChI=1S/C37H57N3O4/c1-26(2)19-21-44-25-31(22-29-13-8-7-9-14-29)40(27(3)4)24-30-16-17-33(34(23-30)32-15-11-10-12-28(32)5)36(41)39-35(37(42)43)18-20-38-6/h10-12,15-17,23,26-27,29,31,35,38H,7-9,13-14,18-22,24-25H2,1-6H3,(H,39,41)(H,42,43). The van der Waals surface area contributed by atoms with Crippen molar-refractivity contribution in [3.8, 4) is 11.1 Å². The molecule has 1 saturated carbocycles. The van der Waals surface area contributed by atoms with Crippen LogP contribution in [0.3, 0.4) is 0 Å². The topological polar surface area (TPSA) is 90.9 Å². The third-order valence-electron chi connectivity index (χ3n) is 9.03. The maximum Gasteiger partial charge on any atom is 0.326 e. The van der Waals surface area contributed by atoms with Crippen LogP contribution in [0.25, 0.3) is 11.1 Å². The van der Waals surface area contributed by atoms with Crippen LogP contribution in [0.2, 0.25) is 0 Å². The second kappa shape index (κ2) is 18.3. The number of carboxylic acids is 1. The van der Waals surface area contributed by atoms with Crippen LogP contribution in [-0.4, -0.2) is 66.8 Å². The molecule has 2 aromatic carbocycles. The Morgan fingerprint density at radius 2 is 1.73 bits per heavy atom. The summed E-state index contributed by atoms with van der Waals surface area (Å²) in [7, 11) is 1.77. The average Bonchev–Trinajstić information content (AvgIpc) is 2.99. The van der Waals surface area contributed by atoms with E-state index in [1.807, 2.05) is 43.3 Å². The molecule has 0 radical (unpaired) electrons. The number of amides is 1. The molecule has 0 spiro atoms. The summed E-state index contributed by atoms with van der Waals surface area (Å²) in [6.07, 6.45) is 9.14. The fraction of sp³-hybridized carbons (Fsp3) is 0.622. The van der Waals surface area contributed by atoms with Gasteiger partial charge in [0.1, 0.15) is 6.04 Å². The van der Waals surface area contributed by atoms with Gasteiger partial charge in [-0.1, -0.05) is 76.3 Å². The van der Waals surface area contributed by atoms with Crippen LogP contribution in [-0.2, 0) is 16.1 Å². The lowest BCUT2D eigenvalue weighted by molar-refractivity contribution is -0.139. The Kier molecular flexibility index (Phi) is 14.8. The van der Waals surface area contributed by atoms with E-state index in [1.165, 1.54) is 32.1 Å². The van der Waals surface area contributed by atoms with Crippen molar-refractivity contribution in [2.45, 2.75) is 111 Å². The summed E-state index contributed by atoms with van der Waals surface area (Å²) in [6, 6.07) is 13.8. The molecule has 2 atom stereocenters. The number of hydrogen-bond donors (Lipinski definition) is 3. The first-order chi connectivity index (χ1) is 21.1. The maximum atomic E-state index is 13.6. The van der Waals surface area contributed by atoms with Gasteiger partial charge < -0.3 is 20.5 Å². The lowest BCUT2D eigenvalue weighted by Crippen LogP contribution is -2.44. The zero-order valence-corrected chi connectivity index (χ0v) is 28.0. The zero-order valence-electron chi connectivity index (χ0n) is 28.0. The van der Waals surface area contributed by atoms with Gasteiger partial charge in [-0.2, -0.15) is 0 Å². The molecule has 0 aromatic heterocycles. The van der Waals surface area contributed by atoms with Crippen LogP contribution >= 0.6 is 0 Å². The predicted molar refractivity (Wildman–Crippen MR) is 180 cm³/mol. The summed E-state index contributed by atoms with van der Waals surface area (Å²) < 4.78 is 6.31. The highest BCUT2D eigenvalue weighted by Gasteiger charge is 2.28. The molecule has 1 amide bonds. The van der Waals surface area contributed by atoms with E-state index in [0.717, 1.165) is 60.8 Å². The number of carboxylic acid groups (broad SMARTS) is 1. The molecule has 3 N–H and O–H groups in total. The van der Waals surface area contributed by atoms with Crippen molar-refractivity contribution in [1.29, 1.82) is 0 Å². The van der Waals surface area contributed by atoms with Crippen LogP contribution < -0.4 is 10.6 Å². The summed E-state index contributed by atoms with van der Waals surface area (Å²) in [5, 5.41) is 15.5. The van der Waals surface area contributed by atoms with Crippen LogP contribution in [0, 0.1) is 18.8 Å². The van der Waals surface area contributed by atoms with E-state index in [-0.39, 0.29) is 5.91 Å². The molecule has 1 aliphatic carbocycles. The fourth-order valence-corrected chi connectivity index (χ4v) is 6.36. The normalized spacial score (nSPS) is 15.6. The molecule has 1 fully saturated rings. The van der Waals surface area contributed by atoms with E-state index in [1.54, 1.807) is 7.05 Å². The third-order valence-corrected chi connectivity index (χ3v) is 9.03. The molecule has 3 rings (SSSR count). The molecular formula is C37H57N3O4. The van der Waals surface area contributed by atoms with Crippen molar-refractivity contribution < 1.29 is 19.4 Å². The molecule has 7 nitrogen and oxygen atoms in total. The maximum absolute atomic E-state index is 13.6. The smallest absolute Gasteiger partial charge is 0.326 e. The number of rotatable bonds is 18. The van der Waals surface area contributed by atoms with Gasteiger partial charge in [0.05, 0.1) is 6.61 Å². The van der Waals surface area contributed by atoms with Gasteiger partial charge in [0.25, 0.3) is 5.91 Å². The van der Waals surface area contributed by atoms with Crippen molar-refractivity contribution in [3.63, 3.8) is 0 Å². The number of hydrogen-bond acceptors (Lipinski definition) is 5. The van der Waals surface area contributed by atoms with Crippen LogP contribution in [0.15, 0.2) is 42.5 Å². The van der Waals surface area contributed by atoms with E-state index in [2.05, 4.69) is 49.3 Å². The van der Waals surface area contributed by atoms with E-state index >= 15 is 0 Å². The van der Waals surface area contributed by atoms with Crippen molar-refractivity contribution >= 4 is 11.9 Å². The van der Waals surface area contributed by atoms with Crippen LogP contribution in [0.5, 0.6) is 0 Å². The third kappa shape index (κ3) is 11.0. The van der Waals surface area contributed by atoms with Gasteiger partial charge in [-0.25, -0.2) is 4.79 Å². The van der Waals surface area contributed by atoms with E-state index < -0.39 is 12.0 Å². The number of aryl methyl sites for hydroxylation is 1. The predicted octanol–water partition coefficient (Wildman–Crippen LogP) is 7.07. The monoisotopic (exact) mass is 607 g/mol. The van der Waals surface area contributed by atoms with Crippen molar-refractivity contribution in [3.05, 3.63) is 59.2 Å². The molecule has 244 valence electrons. The Bertz CT molecular complexity index is 1180. The van der Waals surface area contributed by atoms with Crippen LogP contribution in [0.1, 0.15) is 101 Å². The lowest BCUT2D eigenvalue weighted by atomic mass is 9.84. The van der Waals surface area contributed by atoms with Gasteiger partial charge in [-0.05, 0) is 99.8 Å². The molecule has 44 heavy (non-hydrogen) atoms. The summed E-state index contributed by atoms with van der Waals surface area (Å²) in [6.45, 7) is 13.8. The summed E-state index contributed by atoms with van der Waals surface area (Å²) in [5.74, 6) is -0.0392. The largest absolute Gasteiger partial charge is 0.480 e. The van der Waals surface area contributed by atoms with Gasteiger partial charge in [0, 0.05) is 30.8 Å². The number of carbonyl (C=O) groups excluding carboxylic acids is 1. The Labute approximate surface area is 266 Å². The zero-order chi connectivity index (χ0) is 32.1. The molecule has 0 saturated heterocycles. The highest BCUT2D eigenvalue weighted by Crippen LogP contribution is 2.32. The number of ether oxygens (including phenoxy) is 1. The minimum atomic E-state index is -1.03. The first-order valence-corrected chi connectivity index (χ1v) is 16.8. The summed E-state index contributed by atoms with van der Waals surface area (Å²) in [5.41, 5.74) is 4.50. The number of carbonyl (C=O) groups is 2. The van der Waals surface area contributed by atoms with Gasteiger partial charge in [0.15, 0.2) is 0 Å². The minimum Gasteiger partial charge on any atom is -0.480 e. The van der Waals surface area contributed by atoms with E-state index in [9.17, 15) is 14.7 Å². The highest BCUT2D eigenvalue weighted by atomic mass is 16.5. The second-order valence-electron chi connectivity index (χ2n) is 13.4. The first kappa shape index (κ1) is 35.7. The molecule has 2 unspecified atom stereocenters. The van der Waals surface area contributed by atoms with E-state index in [4.69, 9.17) is 4.74 Å². The summed E-state index contributed by atoms with van der Waals surface area (Å²) >= 11 is 0.